The molecule has 7 nitrogen and oxygen atoms in total. The van der Waals surface area contributed by atoms with Gasteiger partial charge in [0.25, 0.3) is 11.8 Å². The highest BCUT2D eigenvalue weighted by Crippen LogP contribution is 2.27. The summed E-state index contributed by atoms with van der Waals surface area (Å²) in [5.74, 6) is -2.12. The largest absolute Gasteiger partial charge is 0.481 e. The van der Waals surface area contributed by atoms with Crippen molar-refractivity contribution in [2.75, 3.05) is 6.61 Å². The summed E-state index contributed by atoms with van der Waals surface area (Å²) < 4.78 is 18.5. The van der Waals surface area contributed by atoms with Crippen LogP contribution in [-0.2, 0) is 15.1 Å². The molecule has 1 fully saturated rings. The van der Waals surface area contributed by atoms with Gasteiger partial charge in [-0.15, -0.1) is 0 Å². The lowest BCUT2D eigenvalue weighted by molar-refractivity contribution is -0.139. The summed E-state index contributed by atoms with van der Waals surface area (Å²) in [4.78, 5) is 36.7. The predicted octanol–water partition coefficient (Wildman–Crippen LogP) is 1.70. The molecule has 0 spiro atoms. The van der Waals surface area contributed by atoms with Crippen LogP contribution >= 0.6 is 0 Å². The molecule has 0 aromatic heterocycles. The first-order valence-electron chi connectivity index (χ1n) is 7.81. The van der Waals surface area contributed by atoms with Crippen LogP contribution in [0, 0.1) is 5.82 Å². The van der Waals surface area contributed by atoms with Crippen LogP contribution in [0.2, 0.25) is 0 Å². The lowest BCUT2D eigenvalue weighted by Crippen LogP contribution is -2.49. The zero-order valence-corrected chi connectivity index (χ0v) is 13.9. The van der Waals surface area contributed by atoms with Gasteiger partial charge in [0.1, 0.15) is 5.54 Å². The molecule has 1 aliphatic heterocycles. The molecular formula is C18H16FN3O4. The Hall–Kier alpha value is -3.42. The van der Waals surface area contributed by atoms with E-state index in [1.54, 1.807) is 43.3 Å². The number of benzene rings is 2. The summed E-state index contributed by atoms with van der Waals surface area (Å²) in [7, 11) is 0. The topological polar surface area (TPSA) is 87.7 Å². The number of hydrogen-bond acceptors (Lipinski definition) is 4. The van der Waals surface area contributed by atoms with Crippen LogP contribution in [-0.4, -0.2) is 29.5 Å². The molecule has 1 aliphatic rings. The predicted molar refractivity (Wildman–Crippen MR) is 89.2 cm³/mol. The molecule has 0 bridgehead atoms. The van der Waals surface area contributed by atoms with Crippen LogP contribution in [0.15, 0.2) is 54.6 Å². The van der Waals surface area contributed by atoms with Crippen molar-refractivity contribution in [2.45, 2.75) is 12.5 Å². The first kappa shape index (κ1) is 17.4. The maximum absolute atomic E-state index is 13.5. The lowest BCUT2D eigenvalue weighted by Gasteiger charge is -2.22. The smallest absolute Gasteiger partial charge is 0.344 e. The molecule has 1 heterocycles. The molecular weight excluding hydrogens is 341 g/mol. The Morgan fingerprint density at radius 1 is 1.15 bits per heavy atom. The highest BCUT2D eigenvalue weighted by molar-refractivity contribution is 6.08. The molecule has 8 heteroatoms. The van der Waals surface area contributed by atoms with Gasteiger partial charge in [0.15, 0.2) is 18.2 Å². The van der Waals surface area contributed by atoms with Crippen LogP contribution in [0.5, 0.6) is 5.75 Å². The molecule has 0 saturated carbocycles. The van der Waals surface area contributed by atoms with Gasteiger partial charge < -0.3 is 10.1 Å². The third-order valence-corrected chi connectivity index (χ3v) is 3.97. The van der Waals surface area contributed by atoms with E-state index >= 15 is 0 Å². The number of halogens is 1. The zero-order valence-electron chi connectivity index (χ0n) is 13.9. The summed E-state index contributed by atoms with van der Waals surface area (Å²) in [6.45, 7) is 0.991. The Bertz CT molecular complexity index is 859. The van der Waals surface area contributed by atoms with Gasteiger partial charge >= 0.3 is 6.03 Å². The molecule has 2 aromatic rings. The number of carbonyl (C=O) groups is 3. The minimum atomic E-state index is -1.29. The molecule has 2 aromatic carbocycles. The fourth-order valence-corrected chi connectivity index (χ4v) is 2.57. The number of rotatable bonds is 5. The highest BCUT2D eigenvalue weighted by Gasteiger charge is 2.49. The van der Waals surface area contributed by atoms with Crippen LogP contribution < -0.4 is 15.5 Å². The molecule has 0 unspecified atom stereocenters. The lowest BCUT2D eigenvalue weighted by atomic mass is 9.92. The first-order valence-corrected chi connectivity index (χ1v) is 7.81. The van der Waals surface area contributed by atoms with Crippen LogP contribution in [0.3, 0.4) is 0 Å². The van der Waals surface area contributed by atoms with Crippen molar-refractivity contribution >= 4 is 17.8 Å². The van der Waals surface area contributed by atoms with Crippen molar-refractivity contribution < 1.29 is 23.5 Å². The molecule has 3 rings (SSSR count). The van der Waals surface area contributed by atoms with Gasteiger partial charge in [-0.05, 0) is 24.6 Å². The highest BCUT2D eigenvalue weighted by atomic mass is 19.1. The van der Waals surface area contributed by atoms with Gasteiger partial charge in [-0.1, -0.05) is 42.5 Å². The fraction of sp³-hybridized carbons (Fsp3) is 0.167. The van der Waals surface area contributed by atoms with Crippen LogP contribution in [0.4, 0.5) is 9.18 Å². The van der Waals surface area contributed by atoms with Gasteiger partial charge in [-0.2, -0.15) is 5.01 Å². The summed E-state index contributed by atoms with van der Waals surface area (Å²) in [5, 5.41) is 3.15. The molecule has 0 aliphatic carbocycles. The second-order valence-corrected chi connectivity index (χ2v) is 5.82. The van der Waals surface area contributed by atoms with Crippen LogP contribution in [0.1, 0.15) is 12.5 Å². The number of hydrogen-bond donors (Lipinski definition) is 2. The molecule has 1 saturated heterocycles. The summed E-state index contributed by atoms with van der Waals surface area (Å²) in [6.07, 6.45) is 0. The quantitative estimate of drug-likeness (QED) is 0.798. The number of nitrogens with one attached hydrogen (secondary N) is 2. The molecule has 0 radical (unpaired) electrons. The number of urea groups is 1. The SMILES string of the molecule is C[C@]1(c2ccccc2)NC(=O)N(NC(=O)COc2ccccc2F)C1=O. The van der Waals surface area contributed by atoms with Crippen molar-refractivity contribution in [3.05, 3.63) is 66.0 Å². The van der Waals surface area contributed by atoms with Crippen molar-refractivity contribution in [3.63, 3.8) is 0 Å². The third-order valence-electron chi connectivity index (χ3n) is 3.97. The van der Waals surface area contributed by atoms with Gasteiger partial charge in [0.2, 0.25) is 0 Å². The summed E-state index contributed by atoms with van der Waals surface area (Å²) in [6, 6.07) is 13.5. The number of imide groups is 1. The monoisotopic (exact) mass is 357 g/mol. The van der Waals surface area contributed by atoms with Crippen molar-refractivity contribution in [2.24, 2.45) is 0 Å². The average molecular weight is 357 g/mol. The zero-order chi connectivity index (χ0) is 18.7. The van der Waals surface area contributed by atoms with E-state index in [1.807, 2.05) is 0 Å². The molecule has 26 heavy (non-hydrogen) atoms. The Kier molecular flexibility index (Phi) is 4.57. The average Bonchev–Trinajstić information content (AvgIpc) is 2.86. The molecule has 4 amide bonds. The number of amides is 4. The minimum Gasteiger partial charge on any atom is -0.481 e. The number of para-hydroxylation sites is 1. The standard InChI is InChI=1S/C18H16FN3O4/c1-18(12-7-3-2-4-8-12)16(24)22(17(25)20-18)21-15(23)11-26-14-10-6-5-9-13(14)19/h2-10H,11H2,1H3,(H,20,25)(H,21,23)/t18-/m1/s1. The fourth-order valence-electron chi connectivity index (χ4n) is 2.57. The number of hydrazine groups is 1. The molecule has 134 valence electrons. The third kappa shape index (κ3) is 3.21. The maximum Gasteiger partial charge on any atom is 0.344 e. The Balaban J connectivity index is 1.66. The Labute approximate surface area is 148 Å². The van der Waals surface area contributed by atoms with Crippen molar-refractivity contribution in [3.8, 4) is 5.75 Å². The van der Waals surface area contributed by atoms with E-state index in [0.717, 1.165) is 0 Å². The van der Waals surface area contributed by atoms with E-state index in [2.05, 4.69) is 10.7 Å². The van der Waals surface area contributed by atoms with Gasteiger partial charge in [-0.3, -0.25) is 15.0 Å². The molecule has 2 N–H and O–H groups in total. The van der Waals surface area contributed by atoms with Crippen LogP contribution in [0.25, 0.3) is 0 Å². The number of nitrogens with zero attached hydrogens (tertiary/aromatic N) is 1. The minimum absolute atomic E-state index is 0.103. The summed E-state index contributed by atoms with van der Waals surface area (Å²) in [5.41, 5.74) is 1.47. The van der Waals surface area contributed by atoms with Gasteiger partial charge in [-0.25, -0.2) is 9.18 Å². The summed E-state index contributed by atoms with van der Waals surface area (Å²) >= 11 is 0. The second-order valence-electron chi connectivity index (χ2n) is 5.82. The Morgan fingerprint density at radius 2 is 1.81 bits per heavy atom. The van der Waals surface area contributed by atoms with Gasteiger partial charge in [0.05, 0.1) is 0 Å². The van der Waals surface area contributed by atoms with E-state index in [1.165, 1.54) is 18.2 Å². The first-order chi connectivity index (χ1) is 12.4. The van der Waals surface area contributed by atoms with E-state index in [-0.39, 0.29) is 5.75 Å². The van der Waals surface area contributed by atoms with Gasteiger partial charge in [0, 0.05) is 0 Å². The molecule has 1 atom stereocenters. The Morgan fingerprint density at radius 3 is 2.50 bits per heavy atom. The normalized spacial score (nSPS) is 19.2. The van der Waals surface area contributed by atoms with Crippen molar-refractivity contribution in [1.29, 1.82) is 0 Å². The van der Waals surface area contributed by atoms with Crippen molar-refractivity contribution in [1.82, 2.24) is 15.8 Å². The number of carbonyl (C=O) groups excluding carboxylic acids is 3. The second kappa shape index (κ2) is 6.83. The van der Waals surface area contributed by atoms with E-state index in [4.69, 9.17) is 4.74 Å². The van der Waals surface area contributed by atoms with E-state index in [0.29, 0.717) is 10.6 Å². The van der Waals surface area contributed by atoms with E-state index in [9.17, 15) is 18.8 Å². The van der Waals surface area contributed by atoms with E-state index < -0.39 is 35.8 Å². The number of ether oxygens (including phenoxy) is 1. The maximum atomic E-state index is 13.5.